The Labute approximate surface area is 86.7 Å². The average molecular weight is 198 g/mol. The highest BCUT2D eigenvalue weighted by atomic mass is 16.5. The summed E-state index contributed by atoms with van der Waals surface area (Å²) in [6.45, 7) is 3.60. The van der Waals surface area contributed by atoms with Crippen molar-refractivity contribution in [1.82, 2.24) is 5.43 Å². The molecule has 1 unspecified atom stereocenters. The lowest BCUT2D eigenvalue weighted by molar-refractivity contribution is 0.139. The third kappa shape index (κ3) is 3.78. The first kappa shape index (κ1) is 11.7. The maximum atomic E-state index is 5.54. The summed E-state index contributed by atoms with van der Waals surface area (Å²) < 4.78 is 5.33. The molecule has 0 bridgehead atoms. The molecule has 0 aliphatic heterocycles. The Morgan fingerprint density at radius 2 is 2.43 bits per heavy atom. The van der Waals surface area contributed by atoms with E-state index in [1.54, 1.807) is 0 Å². The van der Waals surface area contributed by atoms with Gasteiger partial charge in [-0.1, -0.05) is 11.6 Å². The first-order valence-electron chi connectivity index (χ1n) is 5.61. The third-order valence-corrected chi connectivity index (χ3v) is 2.73. The van der Waals surface area contributed by atoms with Gasteiger partial charge in [-0.25, -0.2) is 0 Å². The molecule has 0 aromatic heterocycles. The van der Waals surface area contributed by atoms with E-state index in [0.717, 1.165) is 19.6 Å². The van der Waals surface area contributed by atoms with Crippen LogP contribution in [0.15, 0.2) is 11.6 Å². The highest BCUT2D eigenvalue weighted by molar-refractivity contribution is 5.12. The van der Waals surface area contributed by atoms with Crippen molar-refractivity contribution in [1.29, 1.82) is 0 Å². The predicted octanol–water partition coefficient (Wildman–Crippen LogP) is 1.75. The van der Waals surface area contributed by atoms with Gasteiger partial charge in [0.05, 0.1) is 0 Å². The maximum absolute atomic E-state index is 5.54. The minimum absolute atomic E-state index is 0.321. The van der Waals surface area contributed by atoms with Gasteiger partial charge in [0.15, 0.2) is 0 Å². The molecule has 0 saturated carbocycles. The molecule has 3 nitrogen and oxygen atoms in total. The fourth-order valence-electron chi connectivity index (χ4n) is 1.90. The normalized spacial score (nSPS) is 19.1. The molecule has 0 heterocycles. The molecule has 3 heteroatoms. The van der Waals surface area contributed by atoms with Crippen molar-refractivity contribution in [2.45, 2.75) is 45.1 Å². The van der Waals surface area contributed by atoms with E-state index in [1.165, 1.54) is 31.3 Å². The maximum Gasteiger partial charge on any atom is 0.0484 e. The molecule has 1 rings (SSSR count). The SMILES string of the molecule is CCOCCC(NN)C1=CCCCC1. The number of allylic oxidation sites excluding steroid dienone is 1. The Morgan fingerprint density at radius 3 is 3.00 bits per heavy atom. The molecule has 0 aromatic carbocycles. The summed E-state index contributed by atoms with van der Waals surface area (Å²) >= 11 is 0. The summed E-state index contributed by atoms with van der Waals surface area (Å²) in [7, 11) is 0. The van der Waals surface area contributed by atoms with Gasteiger partial charge in [0.25, 0.3) is 0 Å². The average Bonchev–Trinajstić information content (AvgIpc) is 2.26. The molecule has 14 heavy (non-hydrogen) atoms. The Morgan fingerprint density at radius 1 is 1.57 bits per heavy atom. The molecule has 0 aromatic rings. The summed E-state index contributed by atoms with van der Waals surface area (Å²) in [4.78, 5) is 0. The van der Waals surface area contributed by atoms with Gasteiger partial charge in [0, 0.05) is 19.3 Å². The molecule has 0 radical (unpaired) electrons. The van der Waals surface area contributed by atoms with Crippen LogP contribution in [-0.2, 0) is 4.74 Å². The molecule has 0 spiro atoms. The van der Waals surface area contributed by atoms with E-state index in [9.17, 15) is 0 Å². The number of rotatable bonds is 6. The Kier molecular flexibility index (Phi) is 5.83. The number of hydrazine groups is 1. The largest absolute Gasteiger partial charge is 0.382 e. The van der Waals surface area contributed by atoms with Gasteiger partial charge >= 0.3 is 0 Å². The number of nitrogens with one attached hydrogen (secondary N) is 1. The first-order valence-corrected chi connectivity index (χ1v) is 5.61. The Hall–Kier alpha value is -0.380. The van der Waals surface area contributed by atoms with Crippen molar-refractivity contribution in [3.05, 3.63) is 11.6 Å². The molecule has 1 atom stereocenters. The standard InChI is InChI=1S/C11H22N2O/c1-2-14-9-8-11(13-12)10-6-4-3-5-7-10/h6,11,13H,2-5,7-9,12H2,1H3. The lowest BCUT2D eigenvalue weighted by atomic mass is 9.93. The monoisotopic (exact) mass is 198 g/mol. The highest BCUT2D eigenvalue weighted by Crippen LogP contribution is 2.21. The van der Waals surface area contributed by atoms with Crippen molar-refractivity contribution in [3.63, 3.8) is 0 Å². The lowest BCUT2D eigenvalue weighted by Gasteiger charge is -2.22. The second kappa shape index (κ2) is 6.98. The molecule has 82 valence electrons. The van der Waals surface area contributed by atoms with E-state index >= 15 is 0 Å². The van der Waals surface area contributed by atoms with E-state index in [-0.39, 0.29) is 0 Å². The smallest absolute Gasteiger partial charge is 0.0484 e. The zero-order chi connectivity index (χ0) is 10.2. The Bertz CT molecular complexity index is 180. The summed E-state index contributed by atoms with van der Waals surface area (Å²) in [6, 6.07) is 0.321. The first-order chi connectivity index (χ1) is 6.88. The summed E-state index contributed by atoms with van der Waals surface area (Å²) in [5.41, 5.74) is 4.35. The van der Waals surface area contributed by atoms with Crippen molar-refractivity contribution < 1.29 is 4.74 Å². The lowest BCUT2D eigenvalue weighted by Crippen LogP contribution is -2.38. The predicted molar refractivity (Wildman–Crippen MR) is 58.8 cm³/mol. The van der Waals surface area contributed by atoms with Gasteiger partial charge in [-0.3, -0.25) is 11.3 Å². The van der Waals surface area contributed by atoms with Gasteiger partial charge in [-0.2, -0.15) is 0 Å². The van der Waals surface area contributed by atoms with Crippen molar-refractivity contribution >= 4 is 0 Å². The third-order valence-electron chi connectivity index (χ3n) is 2.73. The number of hydrogen-bond acceptors (Lipinski definition) is 3. The molecule has 0 amide bonds. The number of nitrogens with two attached hydrogens (primary N) is 1. The van der Waals surface area contributed by atoms with Crippen LogP contribution in [0.5, 0.6) is 0 Å². The quantitative estimate of drug-likeness (QED) is 0.296. The fraction of sp³-hybridized carbons (Fsp3) is 0.818. The van der Waals surface area contributed by atoms with Crippen LogP contribution >= 0.6 is 0 Å². The minimum atomic E-state index is 0.321. The molecule has 0 fully saturated rings. The zero-order valence-corrected chi connectivity index (χ0v) is 9.09. The van der Waals surface area contributed by atoms with Crippen molar-refractivity contribution in [3.8, 4) is 0 Å². The van der Waals surface area contributed by atoms with Crippen LogP contribution in [0.25, 0.3) is 0 Å². The van der Waals surface area contributed by atoms with Crippen LogP contribution in [0, 0.1) is 0 Å². The second-order valence-corrected chi connectivity index (χ2v) is 3.73. The van der Waals surface area contributed by atoms with Crippen LogP contribution in [-0.4, -0.2) is 19.3 Å². The molecule has 1 aliphatic carbocycles. The van der Waals surface area contributed by atoms with E-state index in [2.05, 4.69) is 11.5 Å². The van der Waals surface area contributed by atoms with Gasteiger partial charge in [0.1, 0.15) is 0 Å². The zero-order valence-electron chi connectivity index (χ0n) is 9.09. The van der Waals surface area contributed by atoms with Crippen LogP contribution < -0.4 is 11.3 Å². The van der Waals surface area contributed by atoms with Gasteiger partial charge in [-0.05, 0) is 39.0 Å². The van der Waals surface area contributed by atoms with E-state index in [1.807, 2.05) is 6.92 Å². The molecule has 1 aliphatic rings. The van der Waals surface area contributed by atoms with Crippen molar-refractivity contribution in [2.75, 3.05) is 13.2 Å². The fourth-order valence-corrected chi connectivity index (χ4v) is 1.90. The van der Waals surface area contributed by atoms with Crippen LogP contribution in [0.1, 0.15) is 39.0 Å². The van der Waals surface area contributed by atoms with Crippen LogP contribution in [0.3, 0.4) is 0 Å². The minimum Gasteiger partial charge on any atom is -0.382 e. The molecular weight excluding hydrogens is 176 g/mol. The molecule has 3 N–H and O–H groups in total. The number of ether oxygens (including phenoxy) is 1. The summed E-state index contributed by atoms with van der Waals surface area (Å²) in [5, 5.41) is 0. The van der Waals surface area contributed by atoms with Gasteiger partial charge in [-0.15, -0.1) is 0 Å². The van der Waals surface area contributed by atoms with E-state index in [4.69, 9.17) is 10.6 Å². The molecule has 0 saturated heterocycles. The molecular formula is C11H22N2O. The Balaban J connectivity index is 2.32. The van der Waals surface area contributed by atoms with Crippen molar-refractivity contribution in [2.24, 2.45) is 5.84 Å². The second-order valence-electron chi connectivity index (χ2n) is 3.73. The summed E-state index contributed by atoms with van der Waals surface area (Å²) in [6.07, 6.45) is 8.35. The van der Waals surface area contributed by atoms with Crippen LogP contribution in [0.4, 0.5) is 0 Å². The topological polar surface area (TPSA) is 47.3 Å². The van der Waals surface area contributed by atoms with Crippen LogP contribution in [0.2, 0.25) is 0 Å². The highest BCUT2D eigenvalue weighted by Gasteiger charge is 2.14. The van der Waals surface area contributed by atoms with E-state index in [0.29, 0.717) is 6.04 Å². The van der Waals surface area contributed by atoms with Gasteiger partial charge < -0.3 is 4.74 Å². The number of hydrogen-bond donors (Lipinski definition) is 2. The van der Waals surface area contributed by atoms with Gasteiger partial charge in [0.2, 0.25) is 0 Å². The van der Waals surface area contributed by atoms with E-state index < -0.39 is 0 Å². The summed E-state index contributed by atoms with van der Waals surface area (Å²) in [5.74, 6) is 5.54.